The molecule has 0 bridgehead atoms. The van der Waals surface area contributed by atoms with Gasteiger partial charge in [0.05, 0.1) is 0 Å². The van der Waals surface area contributed by atoms with Crippen molar-refractivity contribution >= 4 is 29.0 Å². The van der Waals surface area contributed by atoms with Crippen LogP contribution in [0.4, 0.5) is 0 Å². The van der Waals surface area contributed by atoms with Gasteiger partial charge in [-0.1, -0.05) is 73.4 Å². The zero-order valence-corrected chi connectivity index (χ0v) is 14.5. The summed E-state index contributed by atoms with van der Waals surface area (Å²) in [6, 6.07) is 11.7. The maximum Gasteiger partial charge on any atom is 0.141 e. The summed E-state index contributed by atoms with van der Waals surface area (Å²) >= 11 is 12.7. The minimum Gasteiger partial charge on any atom is -0.299 e. The number of aryl methyl sites for hydroxylation is 2. The Balaban J connectivity index is 2.14. The van der Waals surface area contributed by atoms with Gasteiger partial charge in [-0.05, 0) is 35.1 Å². The zero-order valence-electron chi connectivity index (χ0n) is 13.0. The van der Waals surface area contributed by atoms with Crippen LogP contribution in [0.3, 0.4) is 0 Å². The van der Waals surface area contributed by atoms with Gasteiger partial charge >= 0.3 is 0 Å². The van der Waals surface area contributed by atoms with E-state index in [9.17, 15) is 4.79 Å². The molecule has 0 amide bonds. The Morgan fingerprint density at radius 1 is 0.773 bits per heavy atom. The monoisotopic (exact) mass is 334 g/mol. The van der Waals surface area contributed by atoms with Gasteiger partial charge in [0.25, 0.3) is 0 Å². The number of benzene rings is 2. The molecule has 22 heavy (non-hydrogen) atoms. The Bertz CT molecular complexity index is 620. The number of carbonyl (C=O) groups is 1. The van der Waals surface area contributed by atoms with Gasteiger partial charge in [-0.2, -0.15) is 0 Å². The summed E-state index contributed by atoms with van der Waals surface area (Å²) in [4.78, 5) is 12.4. The highest BCUT2D eigenvalue weighted by Crippen LogP contribution is 2.25. The summed E-state index contributed by atoms with van der Waals surface area (Å²) in [6.45, 7) is 4.12. The molecular weight excluding hydrogens is 315 g/mol. The van der Waals surface area contributed by atoms with E-state index < -0.39 is 0 Å². The molecule has 0 saturated carbocycles. The Hall–Kier alpha value is -1.31. The predicted molar refractivity (Wildman–Crippen MR) is 94.1 cm³/mol. The molecule has 0 aliphatic heterocycles. The Labute approximate surface area is 142 Å². The van der Waals surface area contributed by atoms with E-state index in [1.807, 2.05) is 36.4 Å². The van der Waals surface area contributed by atoms with Crippen LogP contribution in [0.25, 0.3) is 0 Å². The highest BCUT2D eigenvalue weighted by atomic mass is 35.5. The summed E-state index contributed by atoms with van der Waals surface area (Å²) in [5.41, 5.74) is 3.96. The molecule has 2 aromatic carbocycles. The standard InChI is InChI=1S/C19H20Cl2O/c1-3-13-7-5-9-15(18(13)20)11-17(22)12-16-10-6-8-14(4-2)19(16)21/h5-10H,3-4,11-12H2,1-2H3. The molecule has 3 heteroatoms. The van der Waals surface area contributed by atoms with Crippen molar-refractivity contribution in [2.24, 2.45) is 0 Å². The zero-order chi connectivity index (χ0) is 16.1. The first kappa shape index (κ1) is 17.1. The fraction of sp³-hybridized carbons (Fsp3) is 0.316. The largest absolute Gasteiger partial charge is 0.299 e. The molecule has 2 aromatic rings. The Morgan fingerprint density at radius 2 is 1.14 bits per heavy atom. The average molecular weight is 335 g/mol. The van der Waals surface area contributed by atoms with E-state index in [-0.39, 0.29) is 5.78 Å². The van der Waals surface area contributed by atoms with Gasteiger partial charge < -0.3 is 0 Å². The van der Waals surface area contributed by atoms with Crippen LogP contribution in [-0.2, 0) is 30.5 Å². The van der Waals surface area contributed by atoms with Crippen LogP contribution in [0, 0.1) is 0 Å². The van der Waals surface area contributed by atoms with Crippen LogP contribution >= 0.6 is 23.2 Å². The molecular formula is C19H20Cl2O. The lowest BCUT2D eigenvalue weighted by molar-refractivity contribution is -0.117. The number of halogens is 2. The first-order valence-corrected chi connectivity index (χ1v) is 8.36. The van der Waals surface area contributed by atoms with E-state index in [2.05, 4.69) is 13.8 Å². The Kier molecular flexibility index (Phi) is 6.05. The first-order chi connectivity index (χ1) is 10.6. The van der Waals surface area contributed by atoms with Crippen LogP contribution in [0.5, 0.6) is 0 Å². The van der Waals surface area contributed by atoms with E-state index in [0.29, 0.717) is 22.9 Å². The molecule has 0 unspecified atom stereocenters. The number of carbonyl (C=O) groups excluding carboxylic acids is 1. The second-order valence-electron chi connectivity index (χ2n) is 5.38. The van der Waals surface area contributed by atoms with Crippen molar-refractivity contribution in [2.45, 2.75) is 39.5 Å². The maximum atomic E-state index is 12.4. The third-order valence-corrected chi connectivity index (χ3v) is 4.83. The molecule has 1 nitrogen and oxygen atoms in total. The number of hydrogen-bond donors (Lipinski definition) is 0. The van der Waals surface area contributed by atoms with Crippen LogP contribution in [0.1, 0.15) is 36.1 Å². The van der Waals surface area contributed by atoms with Gasteiger partial charge in [0.15, 0.2) is 0 Å². The van der Waals surface area contributed by atoms with Crippen molar-refractivity contribution in [2.75, 3.05) is 0 Å². The summed E-state index contributed by atoms with van der Waals surface area (Å²) in [6.07, 6.45) is 2.43. The topological polar surface area (TPSA) is 17.1 Å². The van der Waals surface area contributed by atoms with E-state index >= 15 is 0 Å². The highest BCUT2D eigenvalue weighted by molar-refractivity contribution is 6.32. The molecule has 0 heterocycles. The lowest BCUT2D eigenvalue weighted by atomic mass is 9.99. The molecule has 0 aliphatic rings. The van der Waals surface area contributed by atoms with Gasteiger partial charge in [-0.15, -0.1) is 0 Å². The quantitative estimate of drug-likeness (QED) is 0.684. The van der Waals surface area contributed by atoms with E-state index in [1.54, 1.807) is 0 Å². The first-order valence-electron chi connectivity index (χ1n) is 7.61. The smallest absolute Gasteiger partial charge is 0.141 e. The predicted octanol–water partition coefficient (Wildman–Crippen LogP) is 5.47. The van der Waals surface area contributed by atoms with Gasteiger partial charge in [-0.3, -0.25) is 4.79 Å². The Morgan fingerprint density at radius 3 is 1.50 bits per heavy atom. The molecule has 2 rings (SSSR count). The van der Waals surface area contributed by atoms with Gasteiger partial charge in [0.2, 0.25) is 0 Å². The molecule has 116 valence electrons. The van der Waals surface area contributed by atoms with Crippen molar-refractivity contribution in [3.63, 3.8) is 0 Å². The molecule has 0 fully saturated rings. The molecule has 0 saturated heterocycles. The van der Waals surface area contributed by atoms with Crippen molar-refractivity contribution in [1.29, 1.82) is 0 Å². The number of rotatable bonds is 6. The summed E-state index contributed by atoms with van der Waals surface area (Å²) < 4.78 is 0. The van der Waals surface area contributed by atoms with Crippen molar-refractivity contribution in [3.8, 4) is 0 Å². The van der Waals surface area contributed by atoms with E-state index in [0.717, 1.165) is 35.1 Å². The lowest BCUT2D eigenvalue weighted by Crippen LogP contribution is -2.08. The summed E-state index contributed by atoms with van der Waals surface area (Å²) in [7, 11) is 0. The lowest BCUT2D eigenvalue weighted by Gasteiger charge is -2.10. The fourth-order valence-corrected chi connectivity index (χ4v) is 3.23. The maximum absolute atomic E-state index is 12.4. The van der Waals surface area contributed by atoms with Gasteiger partial charge in [-0.25, -0.2) is 0 Å². The van der Waals surface area contributed by atoms with Crippen molar-refractivity contribution in [3.05, 3.63) is 68.7 Å². The molecule has 0 aliphatic carbocycles. The minimum atomic E-state index is 0.130. The molecule has 0 radical (unpaired) electrons. The SMILES string of the molecule is CCc1cccc(CC(=O)Cc2cccc(CC)c2Cl)c1Cl. The van der Waals surface area contributed by atoms with Crippen LogP contribution < -0.4 is 0 Å². The second-order valence-corrected chi connectivity index (χ2v) is 6.14. The number of hydrogen-bond acceptors (Lipinski definition) is 1. The number of ketones is 1. The van der Waals surface area contributed by atoms with E-state index in [1.165, 1.54) is 0 Å². The summed E-state index contributed by atoms with van der Waals surface area (Å²) in [5, 5.41) is 1.43. The minimum absolute atomic E-state index is 0.130. The van der Waals surface area contributed by atoms with Gasteiger partial charge in [0.1, 0.15) is 5.78 Å². The average Bonchev–Trinajstić information content (AvgIpc) is 2.51. The summed E-state index contributed by atoms with van der Waals surface area (Å²) in [5.74, 6) is 0.130. The number of Topliss-reactive ketones (excluding diaryl/α,β-unsaturated/α-hetero) is 1. The van der Waals surface area contributed by atoms with Crippen LogP contribution in [0.2, 0.25) is 10.0 Å². The third-order valence-electron chi connectivity index (χ3n) is 3.85. The third kappa shape index (κ3) is 3.91. The highest BCUT2D eigenvalue weighted by Gasteiger charge is 2.13. The van der Waals surface area contributed by atoms with Crippen LogP contribution in [0.15, 0.2) is 36.4 Å². The molecule has 0 aromatic heterocycles. The molecule has 0 atom stereocenters. The molecule has 0 spiro atoms. The van der Waals surface area contributed by atoms with Crippen molar-refractivity contribution in [1.82, 2.24) is 0 Å². The van der Waals surface area contributed by atoms with E-state index in [4.69, 9.17) is 23.2 Å². The van der Waals surface area contributed by atoms with Gasteiger partial charge in [0, 0.05) is 22.9 Å². The second kappa shape index (κ2) is 7.80. The normalized spacial score (nSPS) is 10.7. The fourth-order valence-electron chi connectivity index (χ4n) is 2.57. The molecule has 0 N–H and O–H groups in total. The van der Waals surface area contributed by atoms with Crippen LogP contribution in [-0.4, -0.2) is 5.78 Å². The van der Waals surface area contributed by atoms with Crippen molar-refractivity contribution < 1.29 is 4.79 Å².